The molecule has 4 rings (SSSR count). The fourth-order valence-electron chi connectivity index (χ4n) is 3.86. The maximum Gasteiger partial charge on any atom is 0.306 e. The Balaban J connectivity index is 1.61. The van der Waals surface area contributed by atoms with Crippen molar-refractivity contribution in [1.29, 1.82) is 0 Å². The number of hydrogen-bond acceptors (Lipinski definition) is 4. The van der Waals surface area contributed by atoms with E-state index in [1.54, 1.807) is 9.80 Å². The molecule has 1 atom stereocenters. The molecule has 7 heteroatoms. The molecule has 3 heterocycles. The Bertz CT molecular complexity index is 729. The van der Waals surface area contributed by atoms with E-state index in [2.05, 4.69) is 0 Å². The SMILES string of the molecule is O=C(O)C1CCN(C(=O)C23CCC(=O)N2c2ccccc2S3)CC1. The van der Waals surface area contributed by atoms with Crippen molar-refractivity contribution in [2.75, 3.05) is 18.0 Å². The average molecular weight is 346 g/mol. The van der Waals surface area contributed by atoms with Gasteiger partial charge in [-0.1, -0.05) is 23.9 Å². The Kier molecular flexibility index (Phi) is 3.56. The van der Waals surface area contributed by atoms with E-state index in [4.69, 9.17) is 5.11 Å². The predicted molar refractivity (Wildman–Crippen MR) is 88.7 cm³/mol. The molecule has 0 aliphatic carbocycles. The number of carbonyl (C=O) groups excluding carboxylic acids is 2. The molecule has 1 aromatic rings. The van der Waals surface area contributed by atoms with Gasteiger partial charge in [-0.2, -0.15) is 0 Å². The highest BCUT2D eigenvalue weighted by Gasteiger charge is 2.58. The van der Waals surface area contributed by atoms with Crippen molar-refractivity contribution in [1.82, 2.24) is 4.90 Å². The van der Waals surface area contributed by atoms with Crippen LogP contribution in [0.15, 0.2) is 29.2 Å². The van der Waals surface area contributed by atoms with Crippen molar-refractivity contribution in [3.8, 4) is 0 Å². The normalized spacial score (nSPS) is 26.4. The number of hydrogen-bond donors (Lipinski definition) is 1. The third kappa shape index (κ3) is 2.14. The van der Waals surface area contributed by atoms with Gasteiger partial charge in [0, 0.05) is 24.4 Å². The number of carboxylic acids is 1. The molecule has 0 aromatic heterocycles. The lowest BCUT2D eigenvalue weighted by Crippen LogP contribution is -2.55. The number of fused-ring (bicyclic) bond motifs is 3. The van der Waals surface area contributed by atoms with Gasteiger partial charge in [-0.05, 0) is 31.4 Å². The molecule has 2 saturated heterocycles. The van der Waals surface area contributed by atoms with Crippen LogP contribution in [0.3, 0.4) is 0 Å². The number of thioether (sulfide) groups is 1. The largest absolute Gasteiger partial charge is 0.481 e. The quantitative estimate of drug-likeness (QED) is 0.885. The molecule has 1 unspecified atom stereocenters. The summed E-state index contributed by atoms with van der Waals surface area (Å²) in [5, 5.41) is 9.12. The zero-order valence-corrected chi connectivity index (χ0v) is 13.9. The van der Waals surface area contributed by atoms with Crippen LogP contribution in [0, 0.1) is 5.92 Å². The van der Waals surface area contributed by atoms with Gasteiger partial charge >= 0.3 is 5.97 Å². The van der Waals surface area contributed by atoms with Crippen LogP contribution in [0.5, 0.6) is 0 Å². The van der Waals surface area contributed by atoms with Gasteiger partial charge in [0.15, 0.2) is 4.87 Å². The van der Waals surface area contributed by atoms with Crippen LogP contribution in [-0.4, -0.2) is 45.8 Å². The molecule has 0 saturated carbocycles. The van der Waals surface area contributed by atoms with Crippen LogP contribution in [0.4, 0.5) is 5.69 Å². The van der Waals surface area contributed by atoms with E-state index in [9.17, 15) is 14.4 Å². The molecule has 24 heavy (non-hydrogen) atoms. The molecular weight excluding hydrogens is 328 g/mol. The monoisotopic (exact) mass is 346 g/mol. The van der Waals surface area contributed by atoms with E-state index in [1.807, 2.05) is 24.3 Å². The average Bonchev–Trinajstić information content (AvgIpc) is 3.10. The first kappa shape index (κ1) is 15.5. The summed E-state index contributed by atoms with van der Waals surface area (Å²) in [4.78, 5) is 40.3. The fraction of sp³-hybridized carbons (Fsp3) is 0.471. The summed E-state index contributed by atoms with van der Waals surface area (Å²) >= 11 is 1.46. The number of anilines is 1. The third-order valence-electron chi connectivity index (χ3n) is 5.14. The molecule has 6 nitrogen and oxygen atoms in total. The van der Waals surface area contributed by atoms with Crippen molar-refractivity contribution < 1.29 is 19.5 Å². The Morgan fingerprint density at radius 1 is 1.21 bits per heavy atom. The molecule has 3 aliphatic heterocycles. The van der Waals surface area contributed by atoms with Crippen LogP contribution in [-0.2, 0) is 14.4 Å². The van der Waals surface area contributed by atoms with Gasteiger partial charge in [0.05, 0.1) is 11.6 Å². The minimum Gasteiger partial charge on any atom is -0.481 e. The van der Waals surface area contributed by atoms with Crippen LogP contribution in [0.1, 0.15) is 25.7 Å². The zero-order valence-electron chi connectivity index (χ0n) is 13.1. The number of para-hydroxylation sites is 1. The lowest BCUT2D eigenvalue weighted by atomic mass is 9.96. The minimum absolute atomic E-state index is 0.0128. The number of benzene rings is 1. The van der Waals surface area contributed by atoms with Crippen LogP contribution in [0.2, 0.25) is 0 Å². The maximum absolute atomic E-state index is 13.3. The molecule has 126 valence electrons. The van der Waals surface area contributed by atoms with Crippen LogP contribution in [0.25, 0.3) is 0 Å². The van der Waals surface area contributed by atoms with E-state index in [0.29, 0.717) is 38.8 Å². The lowest BCUT2D eigenvalue weighted by Gasteiger charge is -2.38. The van der Waals surface area contributed by atoms with Crippen molar-refractivity contribution in [3.05, 3.63) is 24.3 Å². The van der Waals surface area contributed by atoms with Crippen LogP contribution < -0.4 is 4.90 Å². The number of nitrogens with zero attached hydrogens (tertiary/aromatic N) is 2. The van der Waals surface area contributed by atoms with Gasteiger partial charge in [0.2, 0.25) is 5.91 Å². The first-order valence-corrected chi connectivity index (χ1v) is 8.98. The number of amides is 2. The summed E-state index contributed by atoms with van der Waals surface area (Å²) in [5.74, 6) is -1.23. The second-order valence-electron chi connectivity index (χ2n) is 6.49. The molecule has 2 fully saturated rings. The number of carboxylic acid groups (broad SMARTS) is 1. The molecule has 2 amide bonds. The first-order chi connectivity index (χ1) is 11.5. The highest BCUT2D eigenvalue weighted by atomic mass is 32.2. The summed E-state index contributed by atoms with van der Waals surface area (Å²) in [5.41, 5.74) is 0.818. The molecule has 0 bridgehead atoms. The number of carbonyl (C=O) groups is 3. The standard InChI is InChI=1S/C17H18N2O4S/c20-14-5-8-17(19(14)12-3-1-2-4-13(12)24-17)16(23)18-9-6-11(7-10-18)15(21)22/h1-4,11H,5-10H2,(H,21,22). The van der Waals surface area contributed by atoms with Gasteiger partial charge < -0.3 is 10.0 Å². The van der Waals surface area contributed by atoms with E-state index < -0.39 is 10.8 Å². The van der Waals surface area contributed by atoms with Crippen molar-refractivity contribution >= 4 is 35.2 Å². The van der Waals surface area contributed by atoms with Gasteiger partial charge in [0.25, 0.3) is 5.91 Å². The molecule has 1 N–H and O–H groups in total. The second-order valence-corrected chi connectivity index (χ2v) is 7.81. The molecule has 1 aromatic carbocycles. The van der Waals surface area contributed by atoms with Crippen molar-refractivity contribution in [3.63, 3.8) is 0 Å². The van der Waals surface area contributed by atoms with Gasteiger partial charge in [-0.25, -0.2) is 0 Å². The summed E-state index contributed by atoms with van der Waals surface area (Å²) in [6.07, 6.45) is 1.83. The maximum atomic E-state index is 13.3. The zero-order chi connectivity index (χ0) is 16.9. The van der Waals surface area contributed by atoms with E-state index in [0.717, 1.165) is 10.6 Å². The first-order valence-electron chi connectivity index (χ1n) is 8.16. The third-order valence-corrected chi connectivity index (χ3v) is 6.60. The van der Waals surface area contributed by atoms with E-state index in [1.165, 1.54) is 11.8 Å². The Morgan fingerprint density at radius 2 is 1.92 bits per heavy atom. The smallest absolute Gasteiger partial charge is 0.306 e. The van der Waals surface area contributed by atoms with Crippen LogP contribution >= 0.6 is 11.8 Å². The van der Waals surface area contributed by atoms with Gasteiger partial charge in [0.1, 0.15) is 0 Å². The second kappa shape index (κ2) is 5.51. The number of piperidine rings is 1. The Labute approximate surface area is 143 Å². The van der Waals surface area contributed by atoms with Gasteiger partial charge in [-0.15, -0.1) is 0 Å². The molecule has 3 aliphatic rings. The summed E-state index contributed by atoms with van der Waals surface area (Å²) in [7, 11) is 0. The number of rotatable bonds is 2. The molecule has 0 spiro atoms. The number of aliphatic carboxylic acids is 1. The van der Waals surface area contributed by atoms with E-state index >= 15 is 0 Å². The lowest BCUT2D eigenvalue weighted by molar-refractivity contribution is -0.146. The summed E-state index contributed by atoms with van der Waals surface area (Å²) in [6, 6.07) is 7.62. The highest BCUT2D eigenvalue weighted by molar-refractivity contribution is 8.02. The number of likely N-dealkylation sites (tertiary alicyclic amines) is 1. The summed E-state index contributed by atoms with van der Waals surface area (Å²) in [6.45, 7) is 0.882. The minimum atomic E-state index is -0.878. The highest BCUT2D eigenvalue weighted by Crippen LogP contribution is 2.56. The van der Waals surface area contributed by atoms with Gasteiger partial charge in [-0.3, -0.25) is 19.3 Å². The predicted octanol–water partition coefficient (Wildman–Crippen LogP) is 1.94. The Hall–Kier alpha value is -2.02. The molecule has 0 radical (unpaired) electrons. The van der Waals surface area contributed by atoms with Crippen molar-refractivity contribution in [2.24, 2.45) is 5.92 Å². The topological polar surface area (TPSA) is 77.9 Å². The van der Waals surface area contributed by atoms with E-state index in [-0.39, 0.29) is 17.7 Å². The Morgan fingerprint density at radius 3 is 2.62 bits per heavy atom. The summed E-state index contributed by atoms with van der Waals surface area (Å²) < 4.78 is 0. The molecular formula is C17H18N2O4S. The fourth-order valence-corrected chi connectivity index (χ4v) is 5.35. The van der Waals surface area contributed by atoms with Crippen molar-refractivity contribution in [2.45, 2.75) is 35.4 Å².